The molecule has 0 saturated carbocycles. The van der Waals surface area contributed by atoms with Crippen LogP contribution in [-0.2, 0) is 9.53 Å². The molecule has 0 radical (unpaired) electrons. The first-order chi connectivity index (χ1) is 9.53. The second-order valence-electron chi connectivity index (χ2n) is 4.89. The lowest BCUT2D eigenvalue weighted by Crippen LogP contribution is -2.46. The van der Waals surface area contributed by atoms with Gasteiger partial charge < -0.3 is 15.2 Å². The van der Waals surface area contributed by atoms with E-state index in [2.05, 4.69) is 5.32 Å². The molecule has 1 aliphatic heterocycles. The van der Waals surface area contributed by atoms with Crippen LogP contribution in [-0.4, -0.2) is 36.7 Å². The molecule has 0 unspecified atom stereocenters. The fourth-order valence-electron chi connectivity index (χ4n) is 2.18. The largest absolute Gasteiger partial charge is 0.481 e. The topological polar surface area (TPSA) is 75.6 Å². The van der Waals surface area contributed by atoms with Gasteiger partial charge in [-0.2, -0.15) is 0 Å². The standard InChI is InChI=1S/C14H16FNO4/c15-11-3-1-10(2-4-11)12(17)16-9-14(13(18)19)5-7-20-8-6-14/h1-4H,5-9H2,(H,16,17)(H,18,19). The van der Waals surface area contributed by atoms with Gasteiger partial charge in [0.2, 0.25) is 0 Å². The zero-order valence-electron chi connectivity index (χ0n) is 10.9. The van der Waals surface area contributed by atoms with Crippen molar-refractivity contribution in [3.8, 4) is 0 Å². The van der Waals surface area contributed by atoms with E-state index in [1.54, 1.807) is 0 Å². The quantitative estimate of drug-likeness (QED) is 0.875. The minimum atomic E-state index is -0.978. The van der Waals surface area contributed by atoms with Crippen molar-refractivity contribution in [3.63, 3.8) is 0 Å². The van der Waals surface area contributed by atoms with Gasteiger partial charge in [-0.25, -0.2) is 4.39 Å². The lowest BCUT2D eigenvalue weighted by Gasteiger charge is -2.33. The van der Waals surface area contributed by atoms with Crippen molar-refractivity contribution in [1.82, 2.24) is 5.32 Å². The highest BCUT2D eigenvalue weighted by molar-refractivity contribution is 5.94. The highest BCUT2D eigenvalue weighted by Gasteiger charge is 2.40. The third kappa shape index (κ3) is 3.14. The highest BCUT2D eigenvalue weighted by atomic mass is 19.1. The Labute approximate surface area is 115 Å². The summed E-state index contributed by atoms with van der Waals surface area (Å²) in [5, 5.41) is 12.0. The Morgan fingerprint density at radius 3 is 2.40 bits per heavy atom. The molecule has 2 N–H and O–H groups in total. The van der Waals surface area contributed by atoms with Gasteiger partial charge in [0.05, 0.1) is 5.41 Å². The Bertz CT molecular complexity index is 494. The minimum Gasteiger partial charge on any atom is -0.481 e. The molecule has 1 heterocycles. The number of ether oxygens (including phenoxy) is 1. The summed E-state index contributed by atoms with van der Waals surface area (Å²) in [7, 11) is 0. The van der Waals surface area contributed by atoms with Crippen LogP contribution in [0.2, 0.25) is 0 Å². The first kappa shape index (κ1) is 14.5. The maximum Gasteiger partial charge on any atom is 0.311 e. The molecular weight excluding hydrogens is 265 g/mol. The number of carboxylic acid groups (broad SMARTS) is 1. The third-order valence-electron chi connectivity index (χ3n) is 3.60. The molecule has 108 valence electrons. The van der Waals surface area contributed by atoms with Crippen molar-refractivity contribution >= 4 is 11.9 Å². The molecule has 20 heavy (non-hydrogen) atoms. The van der Waals surface area contributed by atoms with Crippen LogP contribution < -0.4 is 5.32 Å². The molecule has 1 saturated heterocycles. The van der Waals surface area contributed by atoms with Crippen LogP contribution >= 0.6 is 0 Å². The minimum absolute atomic E-state index is 0.0436. The van der Waals surface area contributed by atoms with Gasteiger partial charge in [-0.3, -0.25) is 9.59 Å². The van der Waals surface area contributed by atoms with E-state index in [1.165, 1.54) is 24.3 Å². The van der Waals surface area contributed by atoms with E-state index in [0.717, 1.165) is 0 Å². The fraction of sp³-hybridized carbons (Fsp3) is 0.429. The monoisotopic (exact) mass is 281 g/mol. The molecule has 1 amide bonds. The molecule has 1 fully saturated rings. The number of aliphatic carboxylic acids is 1. The smallest absolute Gasteiger partial charge is 0.311 e. The van der Waals surface area contributed by atoms with Crippen LogP contribution in [0.5, 0.6) is 0 Å². The van der Waals surface area contributed by atoms with Gasteiger partial charge in [0.1, 0.15) is 5.82 Å². The van der Waals surface area contributed by atoms with E-state index in [0.29, 0.717) is 31.6 Å². The molecule has 1 aliphatic rings. The van der Waals surface area contributed by atoms with Gasteiger partial charge in [-0.05, 0) is 37.1 Å². The predicted molar refractivity (Wildman–Crippen MR) is 68.9 cm³/mol. The molecule has 5 nitrogen and oxygen atoms in total. The van der Waals surface area contributed by atoms with Gasteiger partial charge in [-0.15, -0.1) is 0 Å². The zero-order chi connectivity index (χ0) is 14.6. The Balaban J connectivity index is 2.00. The third-order valence-corrected chi connectivity index (χ3v) is 3.60. The average Bonchev–Trinajstić information content (AvgIpc) is 2.46. The number of nitrogens with one attached hydrogen (secondary N) is 1. The molecule has 2 rings (SSSR count). The predicted octanol–water partition coefficient (Wildman–Crippen LogP) is 1.44. The molecule has 0 bridgehead atoms. The molecule has 0 aliphatic carbocycles. The second kappa shape index (κ2) is 6.00. The van der Waals surface area contributed by atoms with Crippen LogP contribution in [0.4, 0.5) is 4.39 Å². The average molecular weight is 281 g/mol. The van der Waals surface area contributed by atoms with E-state index in [-0.39, 0.29) is 6.54 Å². The van der Waals surface area contributed by atoms with Crippen LogP contribution in [0.25, 0.3) is 0 Å². The molecule has 1 aromatic rings. The number of halogens is 1. The lowest BCUT2D eigenvalue weighted by molar-refractivity contribution is -0.154. The van der Waals surface area contributed by atoms with Gasteiger partial charge in [0.15, 0.2) is 0 Å². The van der Waals surface area contributed by atoms with Crippen molar-refractivity contribution in [3.05, 3.63) is 35.6 Å². The number of carbonyl (C=O) groups is 2. The molecule has 6 heteroatoms. The van der Waals surface area contributed by atoms with Crippen molar-refractivity contribution in [1.29, 1.82) is 0 Å². The summed E-state index contributed by atoms with van der Waals surface area (Å²) < 4.78 is 17.9. The Hall–Kier alpha value is -1.95. The van der Waals surface area contributed by atoms with E-state index in [1.807, 2.05) is 0 Å². The second-order valence-corrected chi connectivity index (χ2v) is 4.89. The lowest BCUT2D eigenvalue weighted by atomic mass is 9.80. The summed E-state index contributed by atoms with van der Waals surface area (Å²) in [6.07, 6.45) is 0.734. The first-order valence-electron chi connectivity index (χ1n) is 6.38. The van der Waals surface area contributed by atoms with Gasteiger partial charge in [-0.1, -0.05) is 0 Å². The Kier molecular flexibility index (Phi) is 4.34. The summed E-state index contributed by atoms with van der Waals surface area (Å²) in [5.41, 5.74) is -0.674. The van der Waals surface area contributed by atoms with Crippen molar-refractivity contribution in [2.45, 2.75) is 12.8 Å². The summed E-state index contributed by atoms with van der Waals surface area (Å²) in [6, 6.07) is 5.11. The Morgan fingerprint density at radius 1 is 1.25 bits per heavy atom. The normalized spacial score (nSPS) is 17.4. The number of hydrogen-bond donors (Lipinski definition) is 2. The maximum atomic E-state index is 12.8. The zero-order valence-corrected chi connectivity index (χ0v) is 10.9. The van der Waals surface area contributed by atoms with E-state index in [9.17, 15) is 19.1 Å². The molecular formula is C14H16FNO4. The Morgan fingerprint density at radius 2 is 1.85 bits per heavy atom. The van der Waals surface area contributed by atoms with Crippen molar-refractivity contribution in [2.24, 2.45) is 5.41 Å². The number of hydrogen-bond acceptors (Lipinski definition) is 3. The fourth-order valence-corrected chi connectivity index (χ4v) is 2.18. The van der Waals surface area contributed by atoms with E-state index < -0.39 is 23.1 Å². The molecule has 0 aromatic heterocycles. The van der Waals surface area contributed by atoms with Gasteiger partial charge >= 0.3 is 5.97 Å². The summed E-state index contributed by atoms with van der Waals surface area (Å²) >= 11 is 0. The number of rotatable bonds is 4. The van der Waals surface area contributed by atoms with Crippen LogP contribution in [0.15, 0.2) is 24.3 Å². The molecule has 0 spiro atoms. The SMILES string of the molecule is O=C(NCC1(C(=O)O)CCOCC1)c1ccc(F)cc1. The molecule has 0 atom stereocenters. The summed E-state index contributed by atoms with van der Waals surface area (Å²) in [6.45, 7) is 0.791. The van der Waals surface area contributed by atoms with E-state index >= 15 is 0 Å². The number of amides is 1. The van der Waals surface area contributed by atoms with Crippen LogP contribution in [0, 0.1) is 11.2 Å². The number of carboxylic acids is 1. The maximum absolute atomic E-state index is 12.8. The number of carbonyl (C=O) groups excluding carboxylic acids is 1. The molecule has 1 aromatic carbocycles. The highest BCUT2D eigenvalue weighted by Crippen LogP contribution is 2.30. The van der Waals surface area contributed by atoms with Gasteiger partial charge in [0.25, 0.3) is 5.91 Å². The van der Waals surface area contributed by atoms with Crippen LogP contribution in [0.1, 0.15) is 23.2 Å². The summed E-state index contributed by atoms with van der Waals surface area (Å²) in [4.78, 5) is 23.3. The summed E-state index contributed by atoms with van der Waals surface area (Å²) in [5.74, 6) is -1.76. The van der Waals surface area contributed by atoms with E-state index in [4.69, 9.17) is 4.74 Å². The number of benzene rings is 1. The first-order valence-corrected chi connectivity index (χ1v) is 6.38. The van der Waals surface area contributed by atoms with Crippen LogP contribution in [0.3, 0.4) is 0 Å². The van der Waals surface area contributed by atoms with Gasteiger partial charge in [0, 0.05) is 25.3 Å². The van der Waals surface area contributed by atoms with Crippen molar-refractivity contribution < 1.29 is 23.8 Å². The van der Waals surface area contributed by atoms with Crippen molar-refractivity contribution in [2.75, 3.05) is 19.8 Å².